The molecule has 2 unspecified atom stereocenters. The molecule has 0 heterocycles. The summed E-state index contributed by atoms with van der Waals surface area (Å²) in [4.78, 5) is 0. The van der Waals surface area contributed by atoms with Gasteiger partial charge in [0.1, 0.15) is 0 Å². The maximum absolute atomic E-state index is 5.64. The molecule has 0 amide bonds. The van der Waals surface area contributed by atoms with Crippen LogP contribution >= 0.6 is 0 Å². The van der Waals surface area contributed by atoms with E-state index in [-0.39, 0.29) is 6.04 Å². The first kappa shape index (κ1) is 15.8. The zero-order valence-electron chi connectivity index (χ0n) is 12.4. The molecular formula is C15H26N2O2. The zero-order valence-corrected chi connectivity index (χ0v) is 12.4. The van der Waals surface area contributed by atoms with Crippen molar-refractivity contribution in [2.45, 2.75) is 39.2 Å². The Hall–Kier alpha value is -1.26. The van der Waals surface area contributed by atoms with E-state index in [1.165, 1.54) is 12.0 Å². The SMILES string of the molecule is CCC(C)CC(Cc1ccc(OC)c(OC)c1)NN. The van der Waals surface area contributed by atoms with E-state index in [4.69, 9.17) is 15.3 Å². The molecule has 2 atom stereocenters. The molecule has 3 N–H and O–H groups in total. The molecule has 0 bridgehead atoms. The summed E-state index contributed by atoms with van der Waals surface area (Å²) in [5.41, 5.74) is 4.11. The van der Waals surface area contributed by atoms with Crippen LogP contribution in [0.3, 0.4) is 0 Å². The first-order valence-electron chi connectivity index (χ1n) is 6.81. The highest BCUT2D eigenvalue weighted by Crippen LogP contribution is 2.28. The predicted molar refractivity (Wildman–Crippen MR) is 78.4 cm³/mol. The first-order valence-corrected chi connectivity index (χ1v) is 6.81. The van der Waals surface area contributed by atoms with Crippen molar-refractivity contribution in [3.8, 4) is 11.5 Å². The van der Waals surface area contributed by atoms with Crippen molar-refractivity contribution in [1.29, 1.82) is 0 Å². The van der Waals surface area contributed by atoms with Crippen LogP contribution in [0.2, 0.25) is 0 Å². The third-order valence-corrected chi connectivity index (χ3v) is 3.55. The Morgan fingerprint density at radius 3 is 2.42 bits per heavy atom. The van der Waals surface area contributed by atoms with Gasteiger partial charge in [-0.05, 0) is 36.5 Å². The average Bonchev–Trinajstić information content (AvgIpc) is 2.45. The lowest BCUT2D eigenvalue weighted by atomic mass is 9.95. The quantitative estimate of drug-likeness (QED) is 0.561. The molecule has 1 rings (SSSR count). The van der Waals surface area contributed by atoms with E-state index in [9.17, 15) is 0 Å². The van der Waals surface area contributed by atoms with Gasteiger partial charge in [0.25, 0.3) is 0 Å². The molecule has 0 aliphatic carbocycles. The van der Waals surface area contributed by atoms with Gasteiger partial charge in [-0.25, -0.2) is 0 Å². The third kappa shape index (κ3) is 4.73. The molecule has 1 aromatic rings. The van der Waals surface area contributed by atoms with E-state index in [2.05, 4.69) is 25.3 Å². The summed E-state index contributed by atoms with van der Waals surface area (Å²) in [6.45, 7) is 4.45. The Balaban J connectivity index is 2.74. The number of methoxy groups -OCH3 is 2. The minimum atomic E-state index is 0.285. The Morgan fingerprint density at radius 2 is 1.89 bits per heavy atom. The van der Waals surface area contributed by atoms with Gasteiger partial charge < -0.3 is 9.47 Å². The fourth-order valence-electron chi connectivity index (χ4n) is 2.15. The Labute approximate surface area is 116 Å². The van der Waals surface area contributed by atoms with E-state index in [0.717, 1.165) is 24.3 Å². The van der Waals surface area contributed by atoms with Crippen LogP contribution in [-0.4, -0.2) is 20.3 Å². The fraction of sp³-hybridized carbons (Fsp3) is 0.600. The maximum atomic E-state index is 5.64. The zero-order chi connectivity index (χ0) is 14.3. The summed E-state index contributed by atoms with van der Waals surface area (Å²) in [6, 6.07) is 6.29. The topological polar surface area (TPSA) is 56.5 Å². The van der Waals surface area contributed by atoms with Gasteiger partial charge in [0.15, 0.2) is 11.5 Å². The van der Waals surface area contributed by atoms with E-state index in [0.29, 0.717) is 5.92 Å². The minimum absolute atomic E-state index is 0.285. The lowest BCUT2D eigenvalue weighted by Crippen LogP contribution is -2.38. The number of nitrogens with two attached hydrogens (primary N) is 1. The van der Waals surface area contributed by atoms with Crippen molar-refractivity contribution in [2.75, 3.05) is 14.2 Å². The number of hydrazine groups is 1. The number of rotatable bonds is 8. The fourth-order valence-corrected chi connectivity index (χ4v) is 2.15. The van der Waals surface area contributed by atoms with Crippen molar-refractivity contribution >= 4 is 0 Å². The van der Waals surface area contributed by atoms with Crippen molar-refractivity contribution < 1.29 is 9.47 Å². The van der Waals surface area contributed by atoms with Gasteiger partial charge in [0.05, 0.1) is 14.2 Å². The molecule has 0 saturated carbocycles. The van der Waals surface area contributed by atoms with Crippen LogP contribution in [0.4, 0.5) is 0 Å². The lowest BCUT2D eigenvalue weighted by Gasteiger charge is -2.20. The van der Waals surface area contributed by atoms with Crippen molar-refractivity contribution in [1.82, 2.24) is 5.43 Å². The summed E-state index contributed by atoms with van der Waals surface area (Å²) >= 11 is 0. The second-order valence-corrected chi connectivity index (χ2v) is 5.01. The molecule has 0 aromatic heterocycles. The second kappa shape index (κ2) is 8.02. The molecule has 4 nitrogen and oxygen atoms in total. The molecule has 1 aromatic carbocycles. The van der Waals surface area contributed by atoms with Crippen LogP contribution in [0.1, 0.15) is 32.3 Å². The molecule has 4 heteroatoms. The maximum Gasteiger partial charge on any atom is 0.160 e. The normalized spacial score (nSPS) is 13.9. The highest BCUT2D eigenvalue weighted by atomic mass is 16.5. The summed E-state index contributed by atoms with van der Waals surface area (Å²) in [6.07, 6.45) is 3.13. The Bertz CT molecular complexity index is 382. The molecule has 0 aliphatic rings. The van der Waals surface area contributed by atoms with Gasteiger partial charge in [0, 0.05) is 6.04 Å². The van der Waals surface area contributed by atoms with E-state index >= 15 is 0 Å². The molecule has 0 aliphatic heterocycles. The van der Waals surface area contributed by atoms with Crippen LogP contribution < -0.4 is 20.7 Å². The van der Waals surface area contributed by atoms with Gasteiger partial charge in [-0.2, -0.15) is 0 Å². The van der Waals surface area contributed by atoms with Crippen LogP contribution in [0.25, 0.3) is 0 Å². The molecule has 108 valence electrons. The number of hydrogen-bond donors (Lipinski definition) is 2. The number of benzene rings is 1. The monoisotopic (exact) mass is 266 g/mol. The van der Waals surface area contributed by atoms with Gasteiger partial charge in [-0.1, -0.05) is 26.3 Å². The van der Waals surface area contributed by atoms with Gasteiger partial charge in [0.2, 0.25) is 0 Å². The minimum Gasteiger partial charge on any atom is -0.493 e. The standard InChI is InChI=1S/C15H26N2O2/c1-5-11(2)8-13(17-16)9-12-6-7-14(18-3)15(10-12)19-4/h6-7,10-11,13,17H,5,8-9,16H2,1-4H3. The van der Waals surface area contributed by atoms with Crippen LogP contribution in [0.5, 0.6) is 11.5 Å². The van der Waals surface area contributed by atoms with E-state index in [1.807, 2.05) is 12.1 Å². The van der Waals surface area contributed by atoms with Crippen molar-refractivity contribution in [3.63, 3.8) is 0 Å². The number of ether oxygens (including phenoxy) is 2. The summed E-state index contributed by atoms with van der Waals surface area (Å²) < 4.78 is 10.6. The molecule has 0 saturated heterocycles. The Morgan fingerprint density at radius 1 is 1.21 bits per heavy atom. The average molecular weight is 266 g/mol. The number of nitrogens with one attached hydrogen (secondary N) is 1. The van der Waals surface area contributed by atoms with Gasteiger partial charge >= 0.3 is 0 Å². The third-order valence-electron chi connectivity index (χ3n) is 3.55. The predicted octanol–water partition coefficient (Wildman–Crippen LogP) is 2.51. The number of hydrogen-bond acceptors (Lipinski definition) is 4. The molecular weight excluding hydrogens is 240 g/mol. The molecule has 0 fully saturated rings. The summed E-state index contributed by atoms with van der Waals surface area (Å²) in [5, 5.41) is 0. The van der Waals surface area contributed by atoms with Crippen molar-refractivity contribution in [3.05, 3.63) is 23.8 Å². The largest absolute Gasteiger partial charge is 0.493 e. The van der Waals surface area contributed by atoms with Crippen LogP contribution in [-0.2, 0) is 6.42 Å². The highest BCUT2D eigenvalue weighted by molar-refractivity contribution is 5.43. The molecule has 0 spiro atoms. The summed E-state index contributed by atoms with van der Waals surface area (Å²) in [7, 11) is 3.30. The Kier molecular flexibility index (Phi) is 6.67. The smallest absolute Gasteiger partial charge is 0.160 e. The lowest BCUT2D eigenvalue weighted by molar-refractivity contribution is 0.353. The first-order chi connectivity index (χ1) is 9.14. The van der Waals surface area contributed by atoms with E-state index < -0.39 is 0 Å². The van der Waals surface area contributed by atoms with Gasteiger partial charge in [-0.15, -0.1) is 0 Å². The summed E-state index contributed by atoms with van der Waals surface area (Å²) in [5.74, 6) is 7.83. The van der Waals surface area contributed by atoms with Gasteiger partial charge in [-0.3, -0.25) is 11.3 Å². The van der Waals surface area contributed by atoms with Crippen LogP contribution in [0, 0.1) is 5.92 Å². The van der Waals surface area contributed by atoms with Crippen LogP contribution in [0.15, 0.2) is 18.2 Å². The van der Waals surface area contributed by atoms with Crippen molar-refractivity contribution in [2.24, 2.45) is 11.8 Å². The van der Waals surface area contributed by atoms with E-state index in [1.54, 1.807) is 14.2 Å². The second-order valence-electron chi connectivity index (χ2n) is 5.01. The highest BCUT2D eigenvalue weighted by Gasteiger charge is 2.13. The molecule has 19 heavy (non-hydrogen) atoms. The molecule has 0 radical (unpaired) electrons.